The molecule has 2 aliphatic rings. The molecular formula is C34H39ClN4O3. The molecule has 2 saturated heterocycles. The minimum absolute atomic E-state index is 0.0224. The van der Waals surface area contributed by atoms with Crippen molar-refractivity contribution in [2.45, 2.75) is 44.9 Å². The van der Waals surface area contributed by atoms with Crippen LogP contribution in [0.1, 0.15) is 71.2 Å². The van der Waals surface area contributed by atoms with Crippen LogP contribution in [0.3, 0.4) is 0 Å². The number of rotatable bonds is 7. The zero-order valence-corrected chi connectivity index (χ0v) is 25.0. The molecule has 1 atom stereocenters. The minimum Gasteiger partial charge on any atom is -0.369 e. The number of halogens is 1. The molecule has 0 saturated carbocycles. The van der Waals surface area contributed by atoms with Gasteiger partial charge in [-0.1, -0.05) is 61.0 Å². The minimum atomic E-state index is -0.322. The van der Waals surface area contributed by atoms with E-state index in [-0.39, 0.29) is 23.6 Å². The van der Waals surface area contributed by atoms with Gasteiger partial charge in [0.05, 0.1) is 22.1 Å². The molecule has 1 N–H and O–H groups in total. The lowest BCUT2D eigenvalue weighted by Crippen LogP contribution is -2.39. The van der Waals surface area contributed by atoms with Gasteiger partial charge >= 0.3 is 0 Å². The van der Waals surface area contributed by atoms with E-state index in [2.05, 4.69) is 17.1 Å². The average Bonchev–Trinajstić information content (AvgIpc) is 3.28. The van der Waals surface area contributed by atoms with Crippen LogP contribution in [-0.4, -0.2) is 66.8 Å². The molecule has 0 spiro atoms. The normalized spacial score (nSPS) is 16.5. The van der Waals surface area contributed by atoms with Crippen molar-refractivity contribution in [2.75, 3.05) is 49.5 Å². The van der Waals surface area contributed by atoms with Gasteiger partial charge in [0, 0.05) is 50.6 Å². The van der Waals surface area contributed by atoms with Gasteiger partial charge in [0.1, 0.15) is 0 Å². The first-order valence-corrected chi connectivity index (χ1v) is 15.4. The van der Waals surface area contributed by atoms with Crippen LogP contribution in [0.25, 0.3) is 0 Å². The summed E-state index contributed by atoms with van der Waals surface area (Å²) in [5.41, 5.74) is 3.39. The standard InChI is InChI=1S/C34H39ClN4O3/c1-2-27(25-12-5-3-6-13-25)33(41)39-21-11-20-37(22-23-39)31-17-16-26(36-32(40)28-14-7-8-15-30(28)35)24-29(31)34(42)38-18-9-4-10-19-38/h3,5-8,12-17,24,27H,2,4,9-11,18-23H2,1H3,(H,36,40)/t27-/m1/s1. The number of hydrogen-bond donors (Lipinski definition) is 1. The summed E-state index contributed by atoms with van der Waals surface area (Å²) in [6.07, 6.45) is 4.66. The Morgan fingerprint density at radius 3 is 2.21 bits per heavy atom. The smallest absolute Gasteiger partial charge is 0.257 e. The van der Waals surface area contributed by atoms with Crippen LogP contribution in [0, 0.1) is 0 Å². The fourth-order valence-corrected chi connectivity index (χ4v) is 6.23. The maximum Gasteiger partial charge on any atom is 0.257 e. The van der Waals surface area contributed by atoms with E-state index in [4.69, 9.17) is 11.6 Å². The van der Waals surface area contributed by atoms with Gasteiger partial charge in [-0.05, 0) is 68.0 Å². The topological polar surface area (TPSA) is 73.0 Å². The molecule has 220 valence electrons. The van der Waals surface area contributed by atoms with Gasteiger partial charge in [0.15, 0.2) is 0 Å². The molecule has 0 unspecified atom stereocenters. The highest BCUT2D eigenvalue weighted by molar-refractivity contribution is 6.34. The van der Waals surface area contributed by atoms with Crippen LogP contribution < -0.4 is 10.2 Å². The molecule has 7 nitrogen and oxygen atoms in total. The van der Waals surface area contributed by atoms with E-state index in [1.165, 1.54) is 0 Å². The van der Waals surface area contributed by atoms with Crippen molar-refractivity contribution in [3.63, 3.8) is 0 Å². The Labute approximate surface area is 253 Å². The summed E-state index contributed by atoms with van der Waals surface area (Å²) in [6, 6.07) is 22.5. The van der Waals surface area contributed by atoms with Crippen molar-refractivity contribution in [3.8, 4) is 0 Å². The van der Waals surface area contributed by atoms with Crippen molar-refractivity contribution >= 4 is 40.7 Å². The van der Waals surface area contributed by atoms with E-state index in [1.54, 1.807) is 30.3 Å². The van der Waals surface area contributed by atoms with Gasteiger partial charge in [-0.15, -0.1) is 0 Å². The lowest BCUT2D eigenvalue weighted by Gasteiger charge is -2.31. The maximum absolute atomic E-state index is 13.9. The molecular weight excluding hydrogens is 548 g/mol. The fraction of sp³-hybridized carbons (Fsp3) is 0.382. The Morgan fingerprint density at radius 2 is 1.48 bits per heavy atom. The summed E-state index contributed by atoms with van der Waals surface area (Å²) in [5, 5.41) is 3.30. The molecule has 2 heterocycles. The molecule has 5 rings (SSSR count). The molecule has 3 amide bonds. The Morgan fingerprint density at radius 1 is 0.762 bits per heavy atom. The van der Waals surface area contributed by atoms with Crippen LogP contribution in [0.15, 0.2) is 72.8 Å². The Hall–Kier alpha value is -3.84. The van der Waals surface area contributed by atoms with Gasteiger partial charge in [0.2, 0.25) is 5.91 Å². The summed E-state index contributed by atoms with van der Waals surface area (Å²) in [6.45, 7) is 6.15. The van der Waals surface area contributed by atoms with Crippen LogP contribution in [0.4, 0.5) is 11.4 Å². The highest BCUT2D eigenvalue weighted by Crippen LogP contribution is 2.30. The van der Waals surface area contributed by atoms with Crippen molar-refractivity contribution in [1.82, 2.24) is 9.80 Å². The lowest BCUT2D eigenvalue weighted by atomic mass is 9.95. The number of likely N-dealkylation sites (tertiary alicyclic amines) is 1. The van der Waals surface area contributed by atoms with E-state index < -0.39 is 0 Å². The Balaban J connectivity index is 1.37. The Bertz CT molecular complexity index is 1410. The number of benzene rings is 3. The Kier molecular flexibility index (Phi) is 9.80. The molecule has 0 radical (unpaired) electrons. The van der Waals surface area contributed by atoms with E-state index >= 15 is 0 Å². The van der Waals surface area contributed by atoms with Crippen LogP contribution in [0.2, 0.25) is 5.02 Å². The lowest BCUT2D eigenvalue weighted by molar-refractivity contribution is -0.132. The second-order valence-corrected chi connectivity index (χ2v) is 11.5. The quantitative estimate of drug-likeness (QED) is 0.345. The number of anilines is 2. The largest absolute Gasteiger partial charge is 0.369 e. The molecule has 8 heteroatoms. The monoisotopic (exact) mass is 586 g/mol. The van der Waals surface area contributed by atoms with Crippen LogP contribution in [0.5, 0.6) is 0 Å². The first-order valence-electron chi connectivity index (χ1n) is 15.0. The summed E-state index contributed by atoms with van der Waals surface area (Å²) in [5.74, 6) is -0.341. The van der Waals surface area contributed by atoms with Crippen molar-refractivity contribution < 1.29 is 14.4 Å². The van der Waals surface area contributed by atoms with E-state index in [0.717, 1.165) is 63.0 Å². The summed E-state index contributed by atoms with van der Waals surface area (Å²) in [4.78, 5) is 46.6. The number of carbonyl (C=O) groups is 3. The van der Waals surface area contributed by atoms with Gasteiger partial charge in [-0.2, -0.15) is 0 Å². The third kappa shape index (κ3) is 6.79. The SMILES string of the molecule is CC[C@@H](C(=O)N1CCCN(c2ccc(NC(=O)c3ccccc3Cl)cc2C(=O)N2CCCCC2)CC1)c1ccccc1. The average molecular weight is 587 g/mol. The third-order valence-electron chi connectivity index (χ3n) is 8.30. The molecule has 0 aliphatic carbocycles. The number of hydrogen-bond acceptors (Lipinski definition) is 4. The maximum atomic E-state index is 13.9. The first-order chi connectivity index (χ1) is 20.5. The predicted molar refractivity (Wildman–Crippen MR) is 168 cm³/mol. The van der Waals surface area contributed by atoms with Crippen molar-refractivity contribution in [2.24, 2.45) is 0 Å². The van der Waals surface area contributed by atoms with Crippen LogP contribution in [-0.2, 0) is 4.79 Å². The molecule has 0 bridgehead atoms. The zero-order chi connectivity index (χ0) is 29.5. The van der Waals surface area contributed by atoms with Gasteiger partial charge in [-0.3, -0.25) is 14.4 Å². The van der Waals surface area contributed by atoms with E-state index in [1.807, 2.05) is 52.3 Å². The van der Waals surface area contributed by atoms with Gasteiger partial charge in [-0.25, -0.2) is 0 Å². The van der Waals surface area contributed by atoms with Gasteiger partial charge in [0.25, 0.3) is 11.8 Å². The number of nitrogens with zero attached hydrogens (tertiary/aromatic N) is 3. The van der Waals surface area contributed by atoms with Crippen molar-refractivity contribution in [3.05, 3.63) is 94.5 Å². The summed E-state index contributed by atoms with van der Waals surface area (Å²) >= 11 is 6.25. The molecule has 42 heavy (non-hydrogen) atoms. The van der Waals surface area contributed by atoms with E-state index in [0.29, 0.717) is 41.5 Å². The second-order valence-electron chi connectivity index (χ2n) is 11.1. The summed E-state index contributed by atoms with van der Waals surface area (Å²) < 4.78 is 0. The molecule has 2 aliphatic heterocycles. The highest BCUT2D eigenvalue weighted by atomic mass is 35.5. The number of carbonyl (C=O) groups excluding carboxylic acids is 3. The van der Waals surface area contributed by atoms with Gasteiger partial charge < -0.3 is 20.0 Å². The third-order valence-corrected chi connectivity index (χ3v) is 8.63. The first kappa shape index (κ1) is 29.6. The predicted octanol–water partition coefficient (Wildman–Crippen LogP) is 6.45. The molecule has 0 aromatic heterocycles. The fourth-order valence-electron chi connectivity index (χ4n) is 6.01. The number of amides is 3. The highest BCUT2D eigenvalue weighted by Gasteiger charge is 2.29. The van der Waals surface area contributed by atoms with Crippen LogP contribution >= 0.6 is 11.6 Å². The van der Waals surface area contributed by atoms with Crippen molar-refractivity contribution in [1.29, 1.82) is 0 Å². The molecule has 3 aromatic carbocycles. The number of nitrogens with one attached hydrogen (secondary N) is 1. The molecule has 3 aromatic rings. The number of piperidine rings is 1. The summed E-state index contributed by atoms with van der Waals surface area (Å²) in [7, 11) is 0. The molecule has 2 fully saturated rings. The second kappa shape index (κ2) is 13.9. The van der Waals surface area contributed by atoms with E-state index in [9.17, 15) is 14.4 Å². The zero-order valence-electron chi connectivity index (χ0n) is 24.2.